The summed E-state index contributed by atoms with van der Waals surface area (Å²) in [4.78, 5) is 218. The number of rotatable bonds is 50. The molecule has 134 heavy (non-hydrogen) atoms. The van der Waals surface area contributed by atoms with Gasteiger partial charge in [0.25, 0.3) is 70.9 Å². The average Bonchev–Trinajstić information content (AvgIpc) is 1.67. The summed E-state index contributed by atoms with van der Waals surface area (Å²) in [5.41, 5.74) is 7.95. The lowest BCUT2D eigenvalue weighted by Crippen LogP contribution is -2.33. The molecule has 0 radical (unpaired) electrons. The minimum Gasteiger partial charge on any atom is -0.377 e. The quantitative estimate of drug-likeness (QED) is 0.0229. The predicted molar refractivity (Wildman–Crippen MR) is 486 cm³/mol. The van der Waals surface area contributed by atoms with Crippen LogP contribution >= 0.6 is 0 Å². The van der Waals surface area contributed by atoms with Crippen molar-refractivity contribution >= 4 is 146 Å². The number of anilines is 10. The minimum atomic E-state index is -0.658. The monoisotopic (exact) mass is 1860 g/mol. The summed E-state index contributed by atoms with van der Waals surface area (Å²) >= 11 is 0. The fourth-order valence-electron chi connectivity index (χ4n) is 13.3. The lowest BCUT2D eigenvalue weighted by Gasteiger charge is -2.15. The van der Waals surface area contributed by atoms with Crippen molar-refractivity contribution in [3.63, 3.8) is 0 Å². The second kappa shape index (κ2) is 47.7. The van der Waals surface area contributed by atoms with Gasteiger partial charge in [-0.15, -0.1) is 0 Å². The third kappa shape index (κ3) is 29.1. The fraction of sp³-hybridized carbons (Fsp3) is 0.398. The Balaban J connectivity index is 0.548. The van der Waals surface area contributed by atoms with Crippen LogP contribution in [0.2, 0.25) is 0 Å². The van der Waals surface area contributed by atoms with Gasteiger partial charge in [-0.1, -0.05) is 0 Å². The van der Waals surface area contributed by atoms with Crippen LogP contribution in [-0.4, -0.2) is 276 Å². The molecule has 10 heterocycles. The number of carbonyl (C=O) groups excluding carboxylic acids is 15. The van der Waals surface area contributed by atoms with Crippen molar-refractivity contribution in [3.05, 3.63) is 150 Å². The van der Waals surface area contributed by atoms with Crippen LogP contribution in [0, 0.1) is 0 Å². The number of nitrogens with two attached hydrogens (primary N) is 1. The molecule has 51 nitrogen and oxygen atoms in total. The molecule has 51 heteroatoms. The Hall–Kier alpha value is -15.7. The molecule has 0 aliphatic rings. The molecule has 716 valence electrons. The molecule has 0 bridgehead atoms. The number of ether oxygens (including phenoxy) is 4. The maximum atomic E-state index is 13.5. The number of imidazole rings is 5. The van der Waals surface area contributed by atoms with E-state index in [-0.39, 0.29) is 220 Å². The van der Waals surface area contributed by atoms with Crippen LogP contribution in [0.25, 0.3) is 0 Å². The summed E-state index contributed by atoms with van der Waals surface area (Å²) in [5.74, 6) is -7.37. The van der Waals surface area contributed by atoms with Gasteiger partial charge in [-0.3, -0.25) is 71.9 Å². The van der Waals surface area contributed by atoms with Crippen LogP contribution in [0.5, 0.6) is 0 Å². The molecular weight excluding hydrogens is 1750 g/mol. The van der Waals surface area contributed by atoms with Gasteiger partial charge in [-0.25, -0.2) is 24.9 Å². The topological polar surface area (TPSA) is 616 Å². The van der Waals surface area contributed by atoms with E-state index < -0.39 is 76.8 Å². The molecule has 0 aliphatic heterocycles. The molecule has 0 aliphatic carbocycles. The van der Waals surface area contributed by atoms with Gasteiger partial charge < -0.3 is 155 Å². The minimum absolute atomic E-state index is 0.00335. The Morgan fingerprint density at radius 1 is 0.291 bits per heavy atom. The highest BCUT2D eigenvalue weighted by molar-refractivity contribution is 6.10. The highest BCUT2D eigenvalue weighted by Crippen LogP contribution is 2.24. The van der Waals surface area contributed by atoms with Gasteiger partial charge in [0.2, 0.25) is 46.8 Å². The highest BCUT2D eigenvalue weighted by atomic mass is 16.5. The summed E-state index contributed by atoms with van der Waals surface area (Å²) in [6.07, 6.45) is 16.8. The highest BCUT2D eigenvalue weighted by Gasteiger charge is 2.27. The van der Waals surface area contributed by atoms with E-state index >= 15 is 0 Å². The summed E-state index contributed by atoms with van der Waals surface area (Å²) in [6.45, 7) is 4.17. The van der Waals surface area contributed by atoms with E-state index in [1.807, 2.05) is 7.05 Å². The fourth-order valence-corrected chi connectivity index (χ4v) is 13.3. The van der Waals surface area contributed by atoms with Crippen molar-refractivity contribution < 1.29 is 90.9 Å². The van der Waals surface area contributed by atoms with Crippen LogP contribution in [0.3, 0.4) is 0 Å². The van der Waals surface area contributed by atoms with Crippen molar-refractivity contribution in [2.24, 2.45) is 76.2 Å². The molecule has 0 unspecified atom stereocenters. The number of hydrogen-bond donors (Lipinski definition) is 16. The van der Waals surface area contributed by atoms with E-state index in [1.165, 1.54) is 134 Å². The number of aromatic nitrogens is 15. The first kappa shape index (κ1) is 100. The summed E-state index contributed by atoms with van der Waals surface area (Å²) < 4.78 is 36.5. The molecule has 17 N–H and O–H groups in total. The van der Waals surface area contributed by atoms with Gasteiger partial charge in [0.15, 0.2) is 29.1 Å². The number of hydrogen-bond acceptors (Lipinski definition) is 26. The first-order chi connectivity index (χ1) is 63.9. The molecule has 10 aromatic rings. The molecule has 15 amide bonds. The zero-order valence-electron chi connectivity index (χ0n) is 76.0. The van der Waals surface area contributed by atoms with Crippen LogP contribution in [0.1, 0.15) is 145 Å². The first-order valence-electron chi connectivity index (χ1n) is 42.1. The number of nitrogens with one attached hydrogen (secondary N) is 15. The molecule has 0 saturated carbocycles. The Kier molecular flexibility index (Phi) is 35.8. The van der Waals surface area contributed by atoms with E-state index in [9.17, 15) is 71.9 Å². The Bertz CT molecular complexity index is 5960. The van der Waals surface area contributed by atoms with Crippen LogP contribution in [0.4, 0.5) is 57.5 Å². The maximum absolute atomic E-state index is 13.5. The Labute approximate surface area is 766 Å². The van der Waals surface area contributed by atoms with Gasteiger partial charge in [0.1, 0.15) is 41.7 Å². The van der Waals surface area contributed by atoms with Crippen molar-refractivity contribution in [1.29, 1.82) is 0 Å². The third-order valence-corrected chi connectivity index (χ3v) is 19.8. The predicted octanol–water partition coefficient (Wildman–Crippen LogP) is 0.378. The SMILES string of the molecule is CC(=O)Nc1cn(C)c(C(=O)Nc2cn(C)c(C(=O)NCCOCCOCC(=O)Nc3cn(C)c(C(=O)Nc4cc(C(=O)Nc5cc(C(=O)NCCCC(=O)Nc6cn(C)c(C(=O)Nc7cc(C(=O)NCCOCCOCC(=O)Nc8cn(C)c(C(=O)Nc9cc(C(=O)Nc%10cc(C(=O)NCCC(=O)NCCCN(C)CCCN)n(C)c%10)n(C)c9)n8)n(C)c7)n6)n(C)c5)n(C)c4)n3)n2)n1. The van der Waals surface area contributed by atoms with Crippen LogP contribution < -0.4 is 85.5 Å². The standard InChI is InChI=1S/C83H110N32O19/c1-49(116)90-60-42-112(9)73(99-60)83(130)104-64-46-111(8)69(103-64)79(126)89-23-27-132-29-31-134-48-68(120)98-63-45-115(12)71(102-63)81(128)94-53-35-58(109(6)40-53)77(124)91-50-32-55(106(3)37-50)74(121)86-19-13-16-66(118)96-61-43-113(10)70(100-61)80(127)93-52-34-57(108(5)39-52)76(123)88-22-26-131-28-30-133-47-67(119)97-62-44-114(11)72(101-62)82(129)95-54-36-59(110(7)41-54)78(125)92-51-33-56(107(4)38-51)75(122)87-21-17-65(117)85-20-15-25-105(2)24-14-18-84/h32-46H,13-31,47-48,84H2,1-12H3,(H,85,117)(H,86,121)(H,87,122)(H,88,123)(H,89,126)(H,90,116)(H,91,124)(H,92,125)(H,93,127)(H,94,128)(H,95,129)(H,96,118)(H,97,119)(H,98,120)(H,104,130). The lowest BCUT2D eigenvalue weighted by atomic mass is 10.3. The maximum Gasteiger partial charge on any atom is 0.292 e. The van der Waals surface area contributed by atoms with E-state index in [2.05, 4.69) is 110 Å². The van der Waals surface area contributed by atoms with Gasteiger partial charge in [0.05, 0.1) is 68.1 Å². The van der Waals surface area contributed by atoms with E-state index in [4.69, 9.17) is 24.7 Å². The zero-order chi connectivity index (χ0) is 97.0. The Morgan fingerprint density at radius 2 is 0.590 bits per heavy atom. The molecule has 0 spiro atoms. The second-order valence-corrected chi connectivity index (χ2v) is 30.8. The smallest absolute Gasteiger partial charge is 0.292 e. The van der Waals surface area contributed by atoms with E-state index in [0.29, 0.717) is 18.8 Å². The van der Waals surface area contributed by atoms with Crippen molar-refractivity contribution in [2.45, 2.75) is 39.0 Å². The lowest BCUT2D eigenvalue weighted by molar-refractivity contribution is -0.121. The molecule has 0 atom stereocenters. The number of aryl methyl sites for hydroxylation is 10. The van der Waals surface area contributed by atoms with Crippen molar-refractivity contribution in [1.82, 2.24) is 102 Å². The zero-order valence-corrected chi connectivity index (χ0v) is 76.0. The third-order valence-electron chi connectivity index (χ3n) is 19.8. The van der Waals surface area contributed by atoms with Crippen LogP contribution in [0.15, 0.2) is 92.3 Å². The molecule has 10 rings (SSSR count). The van der Waals surface area contributed by atoms with Gasteiger partial charge in [-0.2, -0.15) is 0 Å². The molecule has 0 fully saturated rings. The largest absolute Gasteiger partial charge is 0.377 e. The molecule has 10 aromatic heterocycles. The number of amides is 15. The summed E-state index contributed by atoms with van der Waals surface area (Å²) in [5, 5.41) is 40.3. The van der Waals surface area contributed by atoms with E-state index in [1.54, 1.807) is 81.2 Å². The van der Waals surface area contributed by atoms with Gasteiger partial charge in [0, 0.05) is 185 Å². The summed E-state index contributed by atoms with van der Waals surface area (Å²) in [7, 11) is 17.9. The number of nitrogens with zero attached hydrogens (tertiary/aromatic N) is 16. The Morgan fingerprint density at radius 3 is 0.970 bits per heavy atom. The first-order valence-corrected chi connectivity index (χ1v) is 42.1. The molecule has 0 saturated heterocycles. The molecule has 0 aromatic carbocycles. The van der Waals surface area contributed by atoms with Gasteiger partial charge >= 0.3 is 0 Å². The van der Waals surface area contributed by atoms with Crippen LogP contribution in [-0.2, 0) is 113 Å². The second-order valence-electron chi connectivity index (χ2n) is 30.8. The van der Waals surface area contributed by atoms with Crippen molar-refractivity contribution in [2.75, 3.05) is 165 Å². The molecular formula is C83H110N32O19. The van der Waals surface area contributed by atoms with Gasteiger partial charge in [-0.05, 0) is 76.3 Å². The number of carbonyl (C=O) groups is 15. The van der Waals surface area contributed by atoms with Crippen molar-refractivity contribution in [3.8, 4) is 0 Å². The normalized spacial score (nSPS) is 11.1. The average molecular weight is 1860 g/mol. The summed E-state index contributed by atoms with van der Waals surface area (Å²) in [6, 6.07) is 7.32. The van der Waals surface area contributed by atoms with E-state index in [0.717, 1.165) is 25.9 Å².